The molecule has 2 aliphatic rings. The van der Waals surface area contributed by atoms with Crippen molar-refractivity contribution in [3.63, 3.8) is 0 Å². The first kappa shape index (κ1) is 20.6. The molecule has 2 N–H and O–H groups in total. The monoisotopic (exact) mass is 387 g/mol. The molecule has 0 saturated carbocycles. The summed E-state index contributed by atoms with van der Waals surface area (Å²) in [5.74, 6) is 0.367. The standard InChI is InChI=1S/C18H29N3O2S.ClH/c1-13-11-15(5-6-19-13)18(22)20-12-16(17-4-3-14(2)24-17)21-7-9-23-10-8-21;/h3-4,13,15-16,19H,5-12H2,1-2H3,(H,20,22);1H/t13-,15-,16?;/m0./s1. The summed E-state index contributed by atoms with van der Waals surface area (Å²) in [6, 6.07) is 5.07. The number of amides is 1. The predicted molar refractivity (Wildman–Crippen MR) is 105 cm³/mol. The van der Waals surface area contributed by atoms with Gasteiger partial charge in [0.05, 0.1) is 19.3 Å². The lowest BCUT2D eigenvalue weighted by molar-refractivity contribution is -0.126. The molecule has 0 bridgehead atoms. The summed E-state index contributed by atoms with van der Waals surface area (Å²) in [7, 11) is 0. The third-order valence-corrected chi connectivity index (χ3v) is 6.14. The molecule has 2 fully saturated rings. The predicted octanol–water partition coefficient (Wildman–Crippen LogP) is 2.36. The Hall–Kier alpha value is -0.660. The SMILES string of the molecule is Cc1ccc(C(CNC(=O)[C@H]2CCN[C@@H](C)C2)N2CCOCC2)s1.Cl. The summed E-state index contributed by atoms with van der Waals surface area (Å²) in [5.41, 5.74) is 0. The van der Waals surface area contributed by atoms with Crippen LogP contribution in [0.2, 0.25) is 0 Å². The fraction of sp³-hybridized carbons (Fsp3) is 0.722. The topological polar surface area (TPSA) is 53.6 Å². The molecule has 0 spiro atoms. The zero-order valence-electron chi connectivity index (χ0n) is 15.1. The number of halogens is 1. The summed E-state index contributed by atoms with van der Waals surface area (Å²) in [6.45, 7) is 9.35. The van der Waals surface area contributed by atoms with Gasteiger partial charge >= 0.3 is 0 Å². The van der Waals surface area contributed by atoms with Crippen molar-refractivity contribution in [3.8, 4) is 0 Å². The molecule has 0 radical (unpaired) electrons. The number of aryl methyl sites for hydroxylation is 1. The van der Waals surface area contributed by atoms with E-state index in [4.69, 9.17) is 4.74 Å². The molecule has 2 saturated heterocycles. The van der Waals surface area contributed by atoms with Crippen LogP contribution in [0, 0.1) is 12.8 Å². The van der Waals surface area contributed by atoms with Gasteiger partial charge in [0.2, 0.25) is 5.91 Å². The molecular weight excluding hydrogens is 358 g/mol. The van der Waals surface area contributed by atoms with Crippen LogP contribution in [-0.2, 0) is 9.53 Å². The second-order valence-electron chi connectivity index (χ2n) is 6.93. The third kappa shape index (κ3) is 5.66. The van der Waals surface area contributed by atoms with Crippen LogP contribution in [0.25, 0.3) is 0 Å². The highest BCUT2D eigenvalue weighted by atomic mass is 35.5. The molecular formula is C18H30ClN3O2S. The number of piperidine rings is 1. The van der Waals surface area contributed by atoms with Crippen LogP contribution in [0.4, 0.5) is 0 Å². The van der Waals surface area contributed by atoms with Gasteiger partial charge in [0.15, 0.2) is 0 Å². The van der Waals surface area contributed by atoms with E-state index in [-0.39, 0.29) is 30.3 Å². The number of ether oxygens (including phenoxy) is 1. The molecule has 7 heteroatoms. The van der Waals surface area contributed by atoms with Gasteiger partial charge in [0, 0.05) is 41.3 Å². The van der Waals surface area contributed by atoms with E-state index in [0.29, 0.717) is 12.6 Å². The van der Waals surface area contributed by atoms with E-state index >= 15 is 0 Å². The van der Waals surface area contributed by atoms with Crippen LogP contribution < -0.4 is 10.6 Å². The van der Waals surface area contributed by atoms with E-state index in [0.717, 1.165) is 45.7 Å². The Morgan fingerprint density at radius 3 is 2.84 bits per heavy atom. The number of carbonyl (C=O) groups excluding carboxylic acids is 1. The Balaban J connectivity index is 0.00000225. The second-order valence-corrected chi connectivity index (χ2v) is 8.25. The van der Waals surface area contributed by atoms with Gasteiger partial charge in [-0.1, -0.05) is 0 Å². The lowest BCUT2D eigenvalue weighted by atomic mass is 9.92. The molecule has 3 heterocycles. The Morgan fingerprint density at radius 2 is 2.20 bits per heavy atom. The molecule has 2 aliphatic heterocycles. The fourth-order valence-electron chi connectivity index (χ4n) is 3.64. The van der Waals surface area contributed by atoms with E-state index in [9.17, 15) is 4.79 Å². The zero-order chi connectivity index (χ0) is 16.9. The second kappa shape index (κ2) is 9.88. The van der Waals surface area contributed by atoms with Gasteiger partial charge in [-0.15, -0.1) is 23.7 Å². The van der Waals surface area contributed by atoms with Gasteiger partial charge in [-0.2, -0.15) is 0 Å². The smallest absolute Gasteiger partial charge is 0.223 e. The first-order valence-corrected chi connectivity index (χ1v) is 9.84. The number of hydrogen-bond donors (Lipinski definition) is 2. The first-order chi connectivity index (χ1) is 11.6. The summed E-state index contributed by atoms with van der Waals surface area (Å²) in [6.07, 6.45) is 1.88. The van der Waals surface area contributed by atoms with Crippen molar-refractivity contribution in [1.82, 2.24) is 15.5 Å². The fourth-order valence-corrected chi connectivity index (χ4v) is 4.66. The van der Waals surface area contributed by atoms with Gasteiger partial charge in [-0.05, 0) is 45.4 Å². The number of rotatable bonds is 5. The van der Waals surface area contributed by atoms with Crippen molar-refractivity contribution in [2.24, 2.45) is 5.92 Å². The lowest BCUT2D eigenvalue weighted by Crippen LogP contribution is -2.46. The maximum atomic E-state index is 12.6. The highest BCUT2D eigenvalue weighted by Gasteiger charge is 2.28. The van der Waals surface area contributed by atoms with Crippen LogP contribution >= 0.6 is 23.7 Å². The molecule has 1 amide bonds. The number of carbonyl (C=O) groups is 1. The van der Waals surface area contributed by atoms with Crippen LogP contribution in [0.5, 0.6) is 0 Å². The molecule has 3 atom stereocenters. The third-order valence-electron chi connectivity index (χ3n) is 5.04. The van der Waals surface area contributed by atoms with Crippen molar-refractivity contribution < 1.29 is 9.53 Å². The van der Waals surface area contributed by atoms with E-state index in [2.05, 4.69) is 41.5 Å². The highest BCUT2D eigenvalue weighted by molar-refractivity contribution is 7.12. The quantitative estimate of drug-likeness (QED) is 0.814. The van der Waals surface area contributed by atoms with Crippen LogP contribution in [-0.4, -0.2) is 56.2 Å². The molecule has 1 aromatic rings. The normalized spacial score (nSPS) is 25.8. The summed E-state index contributed by atoms with van der Waals surface area (Å²) >= 11 is 1.83. The van der Waals surface area contributed by atoms with Crippen molar-refractivity contribution in [1.29, 1.82) is 0 Å². The number of nitrogens with one attached hydrogen (secondary N) is 2. The Bertz CT molecular complexity index is 548. The minimum Gasteiger partial charge on any atom is -0.379 e. The maximum Gasteiger partial charge on any atom is 0.223 e. The van der Waals surface area contributed by atoms with E-state index in [1.165, 1.54) is 9.75 Å². The molecule has 25 heavy (non-hydrogen) atoms. The van der Waals surface area contributed by atoms with Crippen molar-refractivity contribution in [2.75, 3.05) is 39.4 Å². The first-order valence-electron chi connectivity index (χ1n) is 9.02. The van der Waals surface area contributed by atoms with E-state index in [1.807, 2.05) is 11.3 Å². The van der Waals surface area contributed by atoms with E-state index in [1.54, 1.807) is 0 Å². The molecule has 1 aromatic heterocycles. The Kier molecular flexibility index (Phi) is 8.16. The summed E-state index contributed by atoms with van der Waals surface area (Å²) in [4.78, 5) is 17.7. The minimum atomic E-state index is 0. The molecule has 142 valence electrons. The van der Waals surface area contributed by atoms with Crippen molar-refractivity contribution in [3.05, 3.63) is 21.9 Å². The molecule has 5 nitrogen and oxygen atoms in total. The number of thiophene rings is 1. The summed E-state index contributed by atoms with van der Waals surface area (Å²) < 4.78 is 5.49. The minimum absolute atomic E-state index is 0. The van der Waals surface area contributed by atoms with Crippen LogP contribution in [0.1, 0.15) is 35.6 Å². The largest absolute Gasteiger partial charge is 0.379 e. The van der Waals surface area contributed by atoms with Gasteiger partial charge in [0.1, 0.15) is 0 Å². The number of nitrogens with zero attached hydrogens (tertiary/aromatic N) is 1. The maximum absolute atomic E-state index is 12.6. The van der Waals surface area contributed by atoms with Crippen molar-refractivity contribution >= 4 is 29.7 Å². The van der Waals surface area contributed by atoms with Gasteiger partial charge in [-0.25, -0.2) is 0 Å². The highest BCUT2D eigenvalue weighted by Crippen LogP contribution is 2.28. The van der Waals surface area contributed by atoms with E-state index < -0.39 is 0 Å². The molecule has 0 aromatic carbocycles. The number of hydrogen-bond acceptors (Lipinski definition) is 5. The van der Waals surface area contributed by atoms with Crippen LogP contribution in [0.15, 0.2) is 12.1 Å². The Morgan fingerprint density at radius 1 is 1.44 bits per heavy atom. The van der Waals surface area contributed by atoms with Gasteiger partial charge < -0.3 is 15.4 Å². The average molecular weight is 388 g/mol. The molecule has 0 aliphatic carbocycles. The number of morpholine rings is 1. The van der Waals surface area contributed by atoms with Crippen LogP contribution in [0.3, 0.4) is 0 Å². The van der Waals surface area contributed by atoms with Crippen molar-refractivity contribution in [2.45, 2.75) is 38.8 Å². The summed E-state index contributed by atoms with van der Waals surface area (Å²) in [5, 5.41) is 6.65. The Labute approximate surface area is 160 Å². The zero-order valence-corrected chi connectivity index (χ0v) is 16.8. The van der Waals surface area contributed by atoms with Gasteiger partial charge in [-0.3, -0.25) is 9.69 Å². The lowest BCUT2D eigenvalue weighted by Gasteiger charge is -2.34. The molecule has 3 rings (SSSR count). The van der Waals surface area contributed by atoms with Gasteiger partial charge in [0.25, 0.3) is 0 Å². The molecule has 1 unspecified atom stereocenters. The average Bonchev–Trinajstić information content (AvgIpc) is 3.02.